The van der Waals surface area contributed by atoms with Gasteiger partial charge in [-0.3, -0.25) is 0 Å². The number of carbonyl (C=O) groups is 1. The molecule has 3 aromatic carbocycles. The molecule has 1 aromatic heterocycles. The van der Waals surface area contributed by atoms with E-state index in [0.717, 1.165) is 33.2 Å². The number of aromatic nitrogens is 1. The first-order valence-corrected chi connectivity index (χ1v) is 7.60. The predicted molar refractivity (Wildman–Crippen MR) is 102 cm³/mol. The molecule has 1 radical (unpaired) electrons. The Balaban J connectivity index is 0.00000182. The third-order valence-corrected chi connectivity index (χ3v) is 3.99. The fourth-order valence-corrected chi connectivity index (χ4v) is 2.82. The second-order valence-corrected chi connectivity index (χ2v) is 5.53. The van der Waals surface area contributed by atoms with E-state index in [-0.39, 0.29) is 35.1 Å². The number of hydrogen-bond donors (Lipinski definition) is 2. The Hall–Kier alpha value is -2.40. The second kappa shape index (κ2) is 7.23. The Morgan fingerprint density at radius 1 is 0.800 bits per heavy atom. The van der Waals surface area contributed by atoms with E-state index in [9.17, 15) is 4.79 Å². The summed E-state index contributed by atoms with van der Waals surface area (Å²) in [4.78, 5) is 15.7. The van der Waals surface area contributed by atoms with Crippen LogP contribution in [0.2, 0.25) is 0 Å². The van der Waals surface area contributed by atoms with Crippen LogP contribution in [0.3, 0.4) is 0 Å². The maximum Gasteiger partial charge on any atom is 0.335 e. The van der Waals surface area contributed by atoms with Crippen molar-refractivity contribution in [2.75, 3.05) is 5.32 Å². The van der Waals surface area contributed by atoms with Crippen molar-refractivity contribution >= 4 is 68.7 Å². The van der Waals surface area contributed by atoms with E-state index in [1.807, 2.05) is 48.5 Å². The first kappa shape index (κ1) is 17.4. The average Bonchev–Trinajstić information content (AvgIpc) is 2.62. The number of anilines is 2. The van der Waals surface area contributed by atoms with Crippen LogP contribution in [0.25, 0.3) is 21.8 Å². The monoisotopic (exact) mass is 337 g/mol. The Bertz CT molecular complexity index is 1010. The molecule has 4 rings (SSSR count). The van der Waals surface area contributed by atoms with Crippen LogP contribution in [0, 0.1) is 0 Å². The van der Waals surface area contributed by atoms with Gasteiger partial charge in [0, 0.05) is 46.0 Å². The van der Waals surface area contributed by atoms with Crippen molar-refractivity contribution in [2.24, 2.45) is 0 Å². The summed E-state index contributed by atoms with van der Waals surface area (Å²) in [5, 5.41) is 14.5. The van der Waals surface area contributed by atoms with Gasteiger partial charge in [0.05, 0.1) is 22.3 Å². The third-order valence-electron chi connectivity index (χ3n) is 3.99. The molecule has 0 aliphatic rings. The maximum absolute atomic E-state index is 11.0. The molecule has 0 aliphatic carbocycles. The van der Waals surface area contributed by atoms with Gasteiger partial charge in [0.2, 0.25) is 0 Å². The van der Waals surface area contributed by atoms with Crippen molar-refractivity contribution in [3.05, 3.63) is 78.4 Å². The number of para-hydroxylation sites is 2. The van der Waals surface area contributed by atoms with E-state index in [1.54, 1.807) is 24.3 Å². The second-order valence-electron chi connectivity index (χ2n) is 5.53. The summed E-state index contributed by atoms with van der Waals surface area (Å²) in [6, 6.07) is 22.7. The molecule has 0 amide bonds. The van der Waals surface area contributed by atoms with Gasteiger partial charge in [0.15, 0.2) is 0 Å². The van der Waals surface area contributed by atoms with E-state index in [1.165, 1.54) is 0 Å². The van der Waals surface area contributed by atoms with Gasteiger partial charge in [-0.15, -0.1) is 0 Å². The molecular formula is C20H14N2NaO2. The number of carboxylic acids is 1. The molecule has 0 unspecified atom stereocenters. The Labute approximate surface area is 166 Å². The molecule has 117 valence electrons. The number of hydrogen-bond acceptors (Lipinski definition) is 3. The van der Waals surface area contributed by atoms with Crippen LogP contribution in [0.4, 0.5) is 11.4 Å². The fourth-order valence-electron chi connectivity index (χ4n) is 2.82. The summed E-state index contributed by atoms with van der Waals surface area (Å²) >= 11 is 0. The first-order chi connectivity index (χ1) is 11.7. The number of nitrogens with one attached hydrogen (secondary N) is 1. The Morgan fingerprint density at radius 2 is 1.32 bits per heavy atom. The Kier molecular flexibility index (Phi) is 5.04. The molecule has 4 nitrogen and oxygen atoms in total. The van der Waals surface area contributed by atoms with E-state index < -0.39 is 5.97 Å². The van der Waals surface area contributed by atoms with Gasteiger partial charge in [-0.05, 0) is 36.4 Å². The smallest absolute Gasteiger partial charge is 0.335 e. The van der Waals surface area contributed by atoms with Gasteiger partial charge in [-0.2, -0.15) is 0 Å². The van der Waals surface area contributed by atoms with Gasteiger partial charge in [0.25, 0.3) is 0 Å². The van der Waals surface area contributed by atoms with E-state index in [2.05, 4.69) is 5.32 Å². The number of pyridine rings is 1. The average molecular weight is 337 g/mol. The fraction of sp³-hybridized carbons (Fsp3) is 0. The van der Waals surface area contributed by atoms with Crippen LogP contribution >= 0.6 is 0 Å². The van der Waals surface area contributed by atoms with Crippen LogP contribution in [0.15, 0.2) is 72.8 Å². The Morgan fingerprint density at radius 3 is 1.84 bits per heavy atom. The summed E-state index contributed by atoms with van der Waals surface area (Å²) in [6.07, 6.45) is 0. The van der Waals surface area contributed by atoms with E-state index >= 15 is 0 Å². The first-order valence-electron chi connectivity index (χ1n) is 7.60. The number of aromatic carboxylic acids is 1. The van der Waals surface area contributed by atoms with Gasteiger partial charge < -0.3 is 10.4 Å². The number of benzene rings is 3. The molecule has 0 saturated heterocycles. The van der Waals surface area contributed by atoms with Crippen LogP contribution in [0.1, 0.15) is 10.4 Å². The van der Waals surface area contributed by atoms with Crippen molar-refractivity contribution < 1.29 is 9.90 Å². The molecule has 2 N–H and O–H groups in total. The van der Waals surface area contributed by atoms with E-state index in [4.69, 9.17) is 10.1 Å². The zero-order valence-corrected chi connectivity index (χ0v) is 15.7. The van der Waals surface area contributed by atoms with Crippen molar-refractivity contribution in [3.63, 3.8) is 0 Å². The summed E-state index contributed by atoms with van der Waals surface area (Å²) in [6.45, 7) is 0. The van der Waals surface area contributed by atoms with Gasteiger partial charge in [-0.1, -0.05) is 36.4 Å². The molecule has 4 aromatic rings. The molecule has 5 heteroatoms. The molecule has 0 spiro atoms. The molecule has 25 heavy (non-hydrogen) atoms. The van der Waals surface area contributed by atoms with Gasteiger partial charge in [-0.25, -0.2) is 9.78 Å². The van der Waals surface area contributed by atoms with Crippen LogP contribution in [0.5, 0.6) is 0 Å². The molecule has 1 heterocycles. The number of fused-ring (bicyclic) bond motifs is 2. The third kappa shape index (κ3) is 3.37. The largest absolute Gasteiger partial charge is 0.478 e. The minimum Gasteiger partial charge on any atom is -0.478 e. The molecule has 0 bridgehead atoms. The predicted octanol–water partition coefficient (Wildman–Crippen LogP) is 4.45. The molecule has 0 atom stereocenters. The van der Waals surface area contributed by atoms with Crippen molar-refractivity contribution in [1.29, 1.82) is 0 Å². The quantitative estimate of drug-likeness (QED) is 0.428. The van der Waals surface area contributed by atoms with Crippen molar-refractivity contribution in [2.45, 2.75) is 0 Å². The normalized spacial score (nSPS) is 10.4. The summed E-state index contributed by atoms with van der Waals surface area (Å²) in [7, 11) is 0. The molecular weight excluding hydrogens is 323 g/mol. The number of carboxylic acid groups (broad SMARTS) is 1. The van der Waals surface area contributed by atoms with Crippen LogP contribution in [-0.2, 0) is 0 Å². The zero-order valence-electron chi connectivity index (χ0n) is 13.7. The van der Waals surface area contributed by atoms with Crippen LogP contribution in [-0.4, -0.2) is 45.6 Å². The minimum atomic E-state index is -0.929. The molecule has 0 fully saturated rings. The topological polar surface area (TPSA) is 62.2 Å². The van der Waals surface area contributed by atoms with Gasteiger partial charge in [0.1, 0.15) is 0 Å². The minimum absolute atomic E-state index is 0. The summed E-state index contributed by atoms with van der Waals surface area (Å²) < 4.78 is 0. The van der Waals surface area contributed by atoms with Crippen molar-refractivity contribution in [3.8, 4) is 0 Å². The summed E-state index contributed by atoms with van der Waals surface area (Å²) in [5.74, 6) is -0.929. The van der Waals surface area contributed by atoms with Crippen LogP contribution < -0.4 is 5.32 Å². The summed E-state index contributed by atoms with van der Waals surface area (Å²) in [5.41, 5.74) is 3.91. The number of nitrogens with zero attached hydrogens (tertiary/aromatic N) is 1. The number of rotatable bonds is 3. The maximum atomic E-state index is 11.0. The van der Waals surface area contributed by atoms with Gasteiger partial charge >= 0.3 is 5.97 Å². The zero-order chi connectivity index (χ0) is 16.5. The van der Waals surface area contributed by atoms with Crippen molar-refractivity contribution in [1.82, 2.24) is 4.98 Å². The SMILES string of the molecule is O=C(O)c1ccc(Nc2c3ccccc3nc3ccccc23)cc1.[Na]. The molecule has 0 saturated carbocycles. The molecule has 0 aliphatic heterocycles. The van der Waals surface area contributed by atoms with E-state index in [0.29, 0.717) is 0 Å². The standard InChI is InChI=1S/C20H14N2O2.Na/c23-20(24)13-9-11-14(12-10-13)21-19-15-5-1-3-7-17(15)22-18-8-4-2-6-16(18)19;/h1-12H,(H,21,22)(H,23,24);.